The molecule has 1 aromatic heterocycles. The number of nitrogens with one attached hydrogen (secondary N) is 1. The maximum absolute atomic E-state index is 11.3. The van der Waals surface area contributed by atoms with Crippen molar-refractivity contribution in [2.75, 3.05) is 11.1 Å². The third-order valence-corrected chi connectivity index (χ3v) is 2.94. The predicted molar refractivity (Wildman–Crippen MR) is 68.8 cm³/mol. The third-order valence-electron chi connectivity index (χ3n) is 2.94. The first-order valence-electron chi connectivity index (χ1n) is 5.74. The first kappa shape index (κ1) is 10.7. The van der Waals surface area contributed by atoms with E-state index < -0.39 is 0 Å². The quantitative estimate of drug-likeness (QED) is 0.793. The van der Waals surface area contributed by atoms with E-state index in [1.807, 2.05) is 18.2 Å². The van der Waals surface area contributed by atoms with Crippen LogP contribution in [0.4, 0.5) is 11.5 Å². The number of nitrogens with two attached hydrogens (primary N) is 1. The molecule has 3 N–H and O–H groups in total. The van der Waals surface area contributed by atoms with Gasteiger partial charge in [-0.25, -0.2) is 9.97 Å². The highest BCUT2D eigenvalue weighted by molar-refractivity contribution is 5.94. The van der Waals surface area contributed by atoms with Crippen molar-refractivity contribution in [3.05, 3.63) is 36.0 Å². The fourth-order valence-electron chi connectivity index (χ4n) is 2.03. The summed E-state index contributed by atoms with van der Waals surface area (Å²) in [6.07, 6.45) is 2.91. The Morgan fingerprint density at radius 3 is 2.94 bits per heavy atom. The topological polar surface area (TPSA) is 80.9 Å². The lowest BCUT2D eigenvalue weighted by Gasteiger charge is -2.17. The maximum atomic E-state index is 11.3. The number of fused-ring (bicyclic) bond motifs is 1. The van der Waals surface area contributed by atoms with Crippen LogP contribution in [0.5, 0.6) is 0 Å². The molecule has 3 rings (SSSR count). The molecular weight excluding hydrogens is 228 g/mol. The number of aryl methyl sites for hydroxylation is 1. The van der Waals surface area contributed by atoms with Crippen LogP contribution < -0.4 is 11.1 Å². The Kier molecular flexibility index (Phi) is 2.44. The lowest BCUT2D eigenvalue weighted by atomic mass is 10.00. The zero-order valence-corrected chi connectivity index (χ0v) is 9.68. The molecule has 1 amide bonds. The highest BCUT2D eigenvalue weighted by Gasteiger charge is 2.15. The summed E-state index contributed by atoms with van der Waals surface area (Å²) >= 11 is 0. The first-order valence-corrected chi connectivity index (χ1v) is 5.74. The van der Waals surface area contributed by atoms with Crippen molar-refractivity contribution < 1.29 is 4.79 Å². The average Bonchev–Trinajstić information content (AvgIpc) is 2.38. The Labute approximate surface area is 104 Å². The van der Waals surface area contributed by atoms with Crippen molar-refractivity contribution >= 4 is 17.4 Å². The van der Waals surface area contributed by atoms with Gasteiger partial charge in [0.05, 0.1) is 0 Å². The second-order valence-corrected chi connectivity index (χ2v) is 4.23. The number of amides is 1. The van der Waals surface area contributed by atoms with Crippen molar-refractivity contribution in [3.8, 4) is 11.4 Å². The number of rotatable bonds is 1. The maximum Gasteiger partial charge on any atom is 0.224 e. The lowest BCUT2D eigenvalue weighted by molar-refractivity contribution is -0.116. The summed E-state index contributed by atoms with van der Waals surface area (Å²) in [5.41, 5.74) is 8.54. The van der Waals surface area contributed by atoms with E-state index >= 15 is 0 Å². The minimum absolute atomic E-state index is 0.0652. The predicted octanol–water partition coefficient (Wildman–Crippen LogP) is 1.61. The van der Waals surface area contributed by atoms with Gasteiger partial charge in [0.15, 0.2) is 5.82 Å². The van der Waals surface area contributed by atoms with E-state index in [1.54, 1.807) is 12.3 Å². The van der Waals surface area contributed by atoms with Gasteiger partial charge in [-0.05, 0) is 36.2 Å². The van der Waals surface area contributed by atoms with Crippen LogP contribution in [-0.2, 0) is 11.2 Å². The molecule has 0 unspecified atom stereocenters. The molecule has 1 aromatic carbocycles. The molecule has 90 valence electrons. The Morgan fingerprint density at radius 1 is 1.22 bits per heavy atom. The first-order chi connectivity index (χ1) is 8.72. The SMILES string of the molecule is Nc1ccnc(-c2ccc3c(c2)CCC(=O)N3)n1. The molecule has 18 heavy (non-hydrogen) atoms. The van der Waals surface area contributed by atoms with Gasteiger partial charge in [0, 0.05) is 23.9 Å². The summed E-state index contributed by atoms with van der Waals surface area (Å²) < 4.78 is 0. The molecule has 1 aliphatic heterocycles. The van der Waals surface area contributed by atoms with Crippen LogP contribution >= 0.6 is 0 Å². The second kappa shape index (κ2) is 4.10. The summed E-state index contributed by atoms with van der Waals surface area (Å²) in [4.78, 5) is 19.7. The molecule has 2 heterocycles. The largest absolute Gasteiger partial charge is 0.384 e. The summed E-state index contributed by atoms with van der Waals surface area (Å²) in [5.74, 6) is 1.12. The number of nitrogens with zero attached hydrogens (tertiary/aromatic N) is 2. The van der Waals surface area contributed by atoms with E-state index in [9.17, 15) is 4.79 Å². The molecule has 2 aromatic rings. The van der Waals surface area contributed by atoms with Gasteiger partial charge in [-0.2, -0.15) is 0 Å². The Hall–Kier alpha value is -2.43. The summed E-state index contributed by atoms with van der Waals surface area (Å²) in [5, 5.41) is 2.85. The van der Waals surface area contributed by atoms with Gasteiger partial charge in [-0.3, -0.25) is 4.79 Å². The van der Waals surface area contributed by atoms with Crippen LogP contribution in [0.3, 0.4) is 0 Å². The Morgan fingerprint density at radius 2 is 2.11 bits per heavy atom. The van der Waals surface area contributed by atoms with Crippen molar-refractivity contribution in [1.29, 1.82) is 0 Å². The zero-order valence-electron chi connectivity index (χ0n) is 9.68. The van der Waals surface area contributed by atoms with Gasteiger partial charge in [-0.1, -0.05) is 0 Å². The highest BCUT2D eigenvalue weighted by atomic mass is 16.1. The number of nitrogen functional groups attached to an aromatic ring is 1. The number of aromatic nitrogens is 2. The molecule has 0 atom stereocenters. The van der Waals surface area contributed by atoms with Gasteiger partial charge in [0.25, 0.3) is 0 Å². The van der Waals surface area contributed by atoms with Gasteiger partial charge in [-0.15, -0.1) is 0 Å². The van der Waals surface area contributed by atoms with Gasteiger partial charge < -0.3 is 11.1 Å². The number of carbonyl (C=O) groups is 1. The van der Waals surface area contributed by atoms with Crippen molar-refractivity contribution in [2.45, 2.75) is 12.8 Å². The molecule has 5 heteroatoms. The molecular formula is C13H12N4O. The van der Waals surface area contributed by atoms with Crippen LogP contribution in [-0.4, -0.2) is 15.9 Å². The number of carbonyl (C=O) groups excluding carboxylic acids is 1. The van der Waals surface area contributed by atoms with E-state index in [-0.39, 0.29) is 5.91 Å². The van der Waals surface area contributed by atoms with E-state index in [0.29, 0.717) is 18.1 Å². The molecule has 0 radical (unpaired) electrons. The van der Waals surface area contributed by atoms with Gasteiger partial charge >= 0.3 is 0 Å². The van der Waals surface area contributed by atoms with Crippen LogP contribution in [0, 0.1) is 0 Å². The van der Waals surface area contributed by atoms with Crippen LogP contribution in [0.25, 0.3) is 11.4 Å². The molecule has 0 saturated heterocycles. The number of hydrogen-bond acceptors (Lipinski definition) is 4. The number of anilines is 2. The average molecular weight is 240 g/mol. The second-order valence-electron chi connectivity index (χ2n) is 4.23. The number of hydrogen-bond donors (Lipinski definition) is 2. The summed E-state index contributed by atoms with van der Waals surface area (Å²) in [6.45, 7) is 0. The fourth-order valence-corrected chi connectivity index (χ4v) is 2.03. The van der Waals surface area contributed by atoms with Gasteiger partial charge in [0.1, 0.15) is 5.82 Å². The minimum Gasteiger partial charge on any atom is -0.384 e. The van der Waals surface area contributed by atoms with E-state index in [1.165, 1.54) is 0 Å². The highest BCUT2D eigenvalue weighted by Crippen LogP contribution is 2.27. The van der Waals surface area contributed by atoms with E-state index in [4.69, 9.17) is 5.73 Å². The van der Waals surface area contributed by atoms with Crippen LogP contribution in [0.1, 0.15) is 12.0 Å². The molecule has 0 saturated carbocycles. The molecule has 0 spiro atoms. The van der Waals surface area contributed by atoms with Crippen molar-refractivity contribution in [1.82, 2.24) is 9.97 Å². The Balaban J connectivity index is 2.02. The molecule has 0 bridgehead atoms. The fraction of sp³-hybridized carbons (Fsp3) is 0.154. The summed E-state index contributed by atoms with van der Waals surface area (Å²) in [7, 11) is 0. The Bertz CT molecular complexity index is 624. The number of benzene rings is 1. The normalized spacial score (nSPS) is 13.9. The van der Waals surface area contributed by atoms with Crippen LogP contribution in [0.15, 0.2) is 30.5 Å². The van der Waals surface area contributed by atoms with Crippen molar-refractivity contribution in [2.24, 2.45) is 0 Å². The third kappa shape index (κ3) is 1.90. The minimum atomic E-state index is 0.0652. The van der Waals surface area contributed by atoms with Crippen molar-refractivity contribution in [3.63, 3.8) is 0 Å². The molecule has 0 aliphatic carbocycles. The lowest BCUT2D eigenvalue weighted by Crippen LogP contribution is -2.18. The standard InChI is InChI=1S/C13H12N4O/c14-11-5-6-15-13(17-11)9-1-3-10-8(7-9)2-4-12(18)16-10/h1,3,5-7H,2,4H2,(H,16,18)(H2,14,15,17). The van der Waals surface area contributed by atoms with Gasteiger partial charge in [0.2, 0.25) is 5.91 Å². The van der Waals surface area contributed by atoms with E-state index in [2.05, 4.69) is 15.3 Å². The molecule has 1 aliphatic rings. The van der Waals surface area contributed by atoms with Crippen LogP contribution in [0.2, 0.25) is 0 Å². The summed E-state index contributed by atoms with van der Waals surface area (Å²) in [6, 6.07) is 7.43. The zero-order chi connectivity index (χ0) is 12.5. The molecule has 5 nitrogen and oxygen atoms in total. The van der Waals surface area contributed by atoms with E-state index in [0.717, 1.165) is 23.2 Å². The monoisotopic (exact) mass is 240 g/mol. The smallest absolute Gasteiger partial charge is 0.224 e. The molecule has 0 fully saturated rings.